The Bertz CT molecular complexity index is 376. The van der Waals surface area contributed by atoms with Crippen LogP contribution in [-0.4, -0.2) is 9.85 Å². The summed E-state index contributed by atoms with van der Waals surface area (Å²) >= 11 is 0. The van der Waals surface area contributed by atoms with Crippen LogP contribution in [0.15, 0.2) is 12.1 Å². The number of non-ortho nitro benzene ring substituents is 1. The molecule has 1 rings (SSSR count). The fourth-order valence-electron chi connectivity index (χ4n) is 0.742. The topological polar surface area (TPSA) is 112 Å². The fraction of sp³-hybridized carbons (Fsp3) is 0. The maximum atomic E-state index is 10.3. The van der Waals surface area contributed by atoms with Crippen LogP contribution in [0.25, 0.3) is 0 Å². The Morgan fingerprint density at radius 2 is 1.92 bits per heavy atom. The van der Waals surface area contributed by atoms with Crippen molar-refractivity contribution in [3.63, 3.8) is 0 Å². The summed E-state index contributed by atoms with van der Waals surface area (Å²) in [5, 5.41) is 20.5. The van der Waals surface area contributed by atoms with E-state index in [0.29, 0.717) is 0 Å². The van der Waals surface area contributed by atoms with Crippen LogP contribution in [0.4, 0.5) is 17.1 Å². The minimum Gasteiger partial charge on any atom is -0.393 e. The zero-order chi connectivity index (χ0) is 10.0. The lowest BCUT2D eigenvalue weighted by molar-refractivity contribution is -0.393. The lowest BCUT2D eigenvalue weighted by Gasteiger charge is -1.95. The highest BCUT2D eigenvalue weighted by Crippen LogP contribution is 2.25. The second-order valence-corrected chi connectivity index (χ2v) is 2.17. The van der Waals surface area contributed by atoms with E-state index < -0.39 is 21.2 Å². The molecule has 0 amide bonds. The van der Waals surface area contributed by atoms with Gasteiger partial charge in [-0.15, -0.1) is 0 Å². The van der Waals surface area contributed by atoms with Crippen molar-refractivity contribution in [2.24, 2.45) is 0 Å². The van der Waals surface area contributed by atoms with Crippen LogP contribution in [0.5, 0.6) is 0 Å². The molecule has 0 aromatic heterocycles. The Morgan fingerprint density at radius 1 is 1.31 bits per heavy atom. The van der Waals surface area contributed by atoms with E-state index in [9.17, 15) is 20.2 Å². The van der Waals surface area contributed by atoms with E-state index in [0.717, 1.165) is 12.1 Å². The van der Waals surface area contributed by atoms with Gasteiger partial charge in [-0.25, -0.2) is 0 Å². The lowest BCUT2D eigenvalue weighted by Crippen LogP contribution is -1.97. The van der Waals surface area contributed by atoms with Gasteiger partial charge in [0.05, 0.1) is 15.9 Å². The zero-order valence-corrected chi connectivity index (χ0v) is 6.26. The average molecular weight is 182 g/mol. The van der Waals surface area contributed by atoms with Gasteiger partial charge in [0.15, 0.2) is 0 Å². The minimum absolute atomic E-state index is 0.212. The molecule has 0 aliphatic carbocycles. The van der Waals surface area contributed by atoms with Crippen molar-refractivity contribution < 1.29 is 9.85 Å². The Labute approximate surface area is 72.1 Å². The summed E-state index contributed by atoms with van der Waals surface area (Å²) < 4.78 is 0. The van der Waals surface area contributed by atoms with Crippen molar-refractivity contribution in [2.75, 3.05) is 5.73 Å². The Morgan fingerprint density at radius 3 is 2.38 bits per heavy atom. The van der Waals surface area contributed by atoms with E-state index in [4.69, 9.17) is 5.73 Å². The van der Waals surface area contributed by atoms with Gasteiger partial charge in [-0.2, -0.15) is 0 Å². The zero-order valence-electron chi connectivity index (χ0n) is 6.26. The van der Waals surface area contributed by atoms with E-state index >= 15 is 0 Å². The second-order valence-electron chi connectivity index (χ2n) is 2.17. The number of hydrogen-bond donors (Lipinski definition) is 1. The molecule has 0 aliphatic heterocycles. The molecule has 0 aliphatic rings. The highest BCUT2D eigenvalue weighted by molar-refractivity contribution is 5.61. The molecule has 7 nitrogen and oxygen atoms in total. The van der Waals surface area contributed by atoms with E-state index in [1.165, 1.54) is 0 Å². The van der Waals surface area contributed by atoms with Gasteiger partial charge < -0.3 is 5.73 Å². The molecule has 1 radical (unpaired) electrons. The number of anilines is 1. The van der Waals surface area contributed by atoms with Crippen LogP contribution < -0.4 is 5.73 Å². The molecular formula is C6H4N3O4. The monoisotopic (exact) mass is 182 g/mol. The first-order valence-electron chi connectivity index (χ1n) is 3.12. The summed E-state index contributed by atoms with van der Waals surface area (Å²) in [6, 6.07) is 4.01. The number of benzene rings is 1. The number of nitrogens with two attached hydrogens (primary N) is 1. The van der Waals surface area contributed by atoms with Crippen LogP contribution in [0, 0.1) is 26.3 Å². The van der Waals surface area contributed by atoms with E-state index in [2.05, 4.69) is 6.07 Å². The molecule has 0 bridgehead atoms. The summed E-state index contributed by atoms with van der Waals surface area (Å²) in [4.78, 5) is 18.9. The highest BCUT2D eigenvalue weighted by Gasteiger charge is 2.17. The Hall–Kier alpha value is -2.18. The molecule has 13 heavy (non-hydrogen) atoms. The lowest BCUT2D eigenvalue weighted by atomic mass is 10.2. The molecule has 7 heteroatoms. The third-order valence-electron chi connectivity index (χ3n) is 1.34. The normalized spacial score (nSPS) is 9.54. The van der Waals surface area contributed by atoms with Crippen LogP contribution in [-0.2, 0) is 0 Å². The first-order chi connectivity index (χ1) is 6.02. The van der Waals surface area contributed by atoms with Crippen molar-refractivity contribution in [3.05, 3.63) is 38.4 Å². The number of hydrogen-bond acceptors (Lipinski definition) is 5. The minimum atomic E-state index is -0.793. The molecule has 67 valence electrons. The summed E-state index contributed by atoms with van der Waals surface area (Å²) in [5.74, 6) is 0. The van der Waals surface area contributed by atoms with Gasteiger partial charge >= 0.3 is 0 Å². The largest absolute Gasteiger partial charge is 0.393 e. The summed E-state index contributed by atoms with van der Waals surface area (Å²) in [6.07, 6.45) is 0. The number of rotatable bonds is 2. The molecular weight excluding hydrogens is 178 g/mol. The van der Waals surface area contributed by atoms with Crippen molar-refractivity contribution in [1.82, 2.24) is 0 Å². The Balaban J connectivity index is 3.27. The van der Waals surface area contributed by atoms with Crippen LogP contribution in [0.3, 0.4) is 0 Å². The maximum Gasteiger partial charge on any atom is 0.299 e. The van der Waals surface area contributed by atoms with Crippen molar-refractivity contribution >= 4 is 17.1 Å². The van der Waals surface area contributed by atoms with Gasteiger partial charge in [-0.05, 0) is 0 Å². The third-order valence-corrected chi connectivity index (χ3v) is 1.34. The number of nitro benzene ring substituents is 2. The molecule has 1 aromatic carbocycles. The van der Waals surface area contributed by atoms with Crippen LogP contribution in [0.2, 0.25) is 0 Å². The van der Waals surface area contributed by atoms with Crippen molar-refractivity contribution in [3.8, 4) is 0 Å². The average Bonchev–Trinajstić information content (AvgIpc) is 2.04. The maximum absolute atomic E-state index is 10.3. The third kappa shape index (κ3) is 1.70. The SMILES string of the molecule is Nc1[c]cc([N+](=O)[O-])cc1[N+](=O)[O-]. The summed E-state index contributed by atoms with van der Waals surface area (Å²) in [5.41, 5.74) is 4.05. The quantitative estimate of drug-likeness (QED) is 0.414. The predicted molar refractivity (Wildman–Crippen MR) is 43.0 cm³/mol. The molecule has 0 spiro atoms. The van der Waals surface area contributed by atoms with Gasteiger partial charge in [-0.3, -0.25) is 20.2 Å². The van der Waals surface area contributed by atoms with Crippen molar-refractivity contribution in [1.29, 1.82) is 0 Å². The standard InChI is InChI=1S/C6H4N3O4/c7-5-2-1-4(8(10)11)3-6(5)9(12)13/h1,3H,7H2. The van der Waals surface area contributed by atoms with Gasteiger partial charge in [0, 0.05) is 12.1 Å². The first-order valence-corrected chi connectivity index (χ1v) is 3.12. The first kappa shape index (κ1) is 8.91. The van der Waals surface area contributed by atoms with Gasteiger partial charge in [0.1, 0.15) is 5.69 Å². The molecule has 0 unspecified atom stereocenters. The van der Waals surface area contributed by atoms with Gasteiger partial charge in [-0.1, -0.05) is 0 Å². The molecule has 0 fully saturated rings. The van der Waals surface area contributed by atoms with E-state index in [1.807, 2.05) is 0 Å². The van der Waals surface area contributed by atoms with Gasteiger partial charge in [0.2, 0.25) is 0 Å². The fourth-order valence-corrected chi connectivity index (χ4v) is 0.742. The molecule has 0 saturated heterocycles. The van der Waals surface area contributed by atoms with E-state index in [1.54, 1.807) is 0 Å². The van der Waals surface area contributed by atoms with Crippen molar-refractivity contribution in [2.45, 2.75) is 0 Å². The molecule has 0 heterocycles. The Kier molecular flexibility index (Phi) is 2.09. The van der Waals surface area contributed by atoms with Crippen LogP contribution in [0.1, 0.15) is 0 Å². The van der Waals surface area contributed by atoms with Crippen LogP contribution >= 0.6 is 0 Å². The molecule has 1 aromatic rings. The molecule has 2 N–H and O–H groups in total. The number of nitro groups is 2. The molecule has 0 saturated carbocycles. The highest BCUT2D eigenvalue weighted by atomic mass is 16.6. The number of nitrogen functional groups attached to an aromatic ring is 1. The van der Waals surface area contributed by atoms with E-state index in [-0.39, 0.29) is 5.69 Å². The van der Waals surface area contributed by atoms with Gasteiger partial charge in [0.25, 0.3) is 11.4 Å². The molecule has 0 atom stereocenters. The summed E-state index contributed by atoms with van der Waals surface area (Å²) in [6.45, 7) is 0. The number of nitrogens with zero attached hydrogens (tertiary/aromatic N) is 2. The second kappa shape index (κ2) is 3.05. The smallest absolute Gasteiger partial charge is 0.299 e. The predicted octanol–water partition coefficient (Wildman–Crippen LogP) is 0.885. The summed E-state index contributed by atoms with van der Waals surface area (Å²) in [7, 11) is 0.